The van der Waals surface area contributed by atoms with Gasteiger partial charge < -0.3 is 180 Å². The van der Waals surface area contributed by atoms with Crippen molar-refractivity contribution in [3.05, 3.63) is 99.1 Å². The number of benzene rings is 8. The number of hydrogen-bond donors (Lipinski definition) is 25. The van der Waals surface area contributed by atoms with Crippen LogP contribution in [0.3, 0.4) is 0 Å². The molecule has 0 amide bonds. The summed E-state index contributed by atoms with van der Waals surface area (Å²) in [6.07, 6.45) is -26.0. The molecule has 0 aliphatic carbocycles. The van der Waals surface area contributed by atoms with E-state index in [2.05, 4.69) is 0 Å². The Bertz CT molecular complexity index is 5510. The number of aromatic hydroxyl groups is 23. The van der Waals surface area contributed by atoms with Crippen LogP contribution in [0.25, 0.3) is 33.4 Å². The summed E-state index contributed by atoms with van der Waals surface area (Å²) >= 11 is 0. The number of fused-ring (bicyclic) bond motifs is 14. The van der Waals surface area contributed by atoms with Crippen molar-refractivity contribution < 1.29 is 218 Å². The fourth-order valence-corrected chi connectivity index (χ4v) is 12.4. The van der Waals surface area contributed by atoms with E-state index in [1.54, 1.807) is 0 Å². The summed E-state index contributed by atoms with van der Waals surface area (Å²) in [4.78, 5) is 116. The zero-order valence-electron chi connectivity index (χ0n) is 54.8. The number of carbonyl (C=O) groups is 8. The van der Waals surface area contributed by atoms with Crippen LogP contribution >= 0.6 is 0 Å². The number of carbonyl (C=O) groups excluding carboxylic acids is 8. The Kier molecular flexibility index (Phi) is 18.1. The largest absolute Gasteiger partial charge is 0.504 e. The van der Waals surface area contributed by atoms with Crippen LogP contribution in [-0.2, 0) is 47.4 Å². The van der Waals surface area contributed by atoms with Crippen LogP contribution in [0.15, 0.2) is 54.6 Å². The zero-order chi connectivity index (χ0) is 81.5. The Labute approximate surface area is 614 Å². The monoisotopic (exact) mass is 1570 g/mol. The van der Waals surface area contributed by atoms with Crippen LogP contribution in [0.1, 0.15) is 82.9 Å². The number of phenolic OH excluding ortho intramolecular Hbond substituents is 23. The summed E-state index contributed by atoms with van der Waals surface area (Å²) in [5.74, 6) is -51.6. The first kappa shape index (κ1) is 74.8. The van der Waals surface area contributed by atoms with Gasteiger partial charge in [0.05, 0.1) is 33.4 Å². The summed E-state index contributed by atoms with van der Waals surface area (Å²) in [6.45, 7) is -2.74. The highest BCUT2D eigenvalue weighted by molar-refractivity contribution is 6.11. The number of aliphatic hydroxyl groups is 2. The van der Waals surface area contributed by atoms with E-state index in [4.69, 9.17) is 52.1 Å². The maximum Gasteiger partial charge on any atom is 0.344 e. The topological polar surface area (TPSA) is 744 Å². The molecule has 10 atom stereocenters. The molecule has 112 heavy (non-hydrogen) atoms. The van der Waals surface area contributed by atoms with Gasteiger partial charge in [0.15, 0.2) is 110 Å². The normalized spacial score (nSPS) is 21.3. The quantitative estimate of drug-likeness (QED) is 0.0640. The van der Waals surface area contributed by atoms with Gasteiger partial charge >= 0.3 is 47.8 Å². The molecular weight excluding hydrogens is 1520 g/mol. The molecule has 5 aliphatic heterocycles. The van der Waals surface area contributed by atoms with E-state index in [0.29, 0.717) is 48.5 Å². The van der Waals surface area contributed by atoms with Crippen molar-refractivity contribution >= 4 is 47.8 Å². The molecule has 2 saturated heterocycles. The average molecular weight is 1570 g/mol. The Balaban J connectivity index is 0.863. The fraction of sp³-hybridized carbons (Fsp3) is 0.176. The minimum absolute atomic E-state index is 0.239. The molecular formula is C68H48O44. The molecule has 5 aliphatic rings. The van der Waals surface area contributed by atoms with Gasteiger partial charge in [-0.15, -0.1) is 0 Å². The molecule has 10 unspecified atom stereocenters. The first-order valence-electron chi connectivity index (χ1n) is 31.2. The van der Waals surface area contributed by atoms with Gasteiger partial charge in [-0.3, -0.25) is 0 Å². The van der Waals surface area contributed by atoms with E-state index in [9.17, 15) is 166 Å². The van der Waals surface area contributed by atoms with Gasteiger partial charge in [0, 0.05) is 39.4 Å². The Morgan fingerprint density at radius 3 is 1.14 bits per heavy atom. The molecule has 2 bridgehead atoms. The van der Waals surface area contributed by atoms with Crippen LogP contribution in [0.4, 0.5) is 0 Å². The van der Waals surface area contributed by atoms with Crippen molar-refractivity contribution in [1.29, 1.82) is 0 Å². The Morgan fingerprint density at radius 2 is 0.661 bits per heavy atom. The van der Waals surface area contributed by atoms with Crippen molar-refractivity contribution in [3.63, 3.8) is 0 Å². The second-order valence-corrected chi connectivity index (χ2v) is 24.6. The van der Waals surface area contributed by atoms with Crippen LogP contribution in [0.2, 0.25) is 0 Å². The predicted molar refractivity (Wildman–Crippen MR) is 344 cm³/mol. The lowest BCUT2D eigenvalue weighted by Gasteiger charge is -2.44. The molecule has 8 aromatic rings. The SMILES string of the molecule is O=C(OC1OC2COC(=O)c3cc(O)c(O)c(O)c3-c3c(cc(O)c(O)c3O)C(=O)OC2C2OC(=O)c3cc(O)c(O)c(O)c3-c3c(cc(O)c(O)c3O)C(=O)OC12)c1cc(O)c(O)c(Oc2c(C(=O)OC3OC4COC(=O)c5cc(c(O)c(O)c5O)-c5c(cc(O)c(O)c5O)C(=O)OC4C(O)C3O)cc(O)c(O)c2O)c1. The van der Waals surface area contributed by atoms with Gasteiger partial charge in [-0.05, 0) is 48.5 Å². The first-order chi connectivity index (χ1) is 52.7. The number of cyclic esters (lactones) is 2. The van der Waals surface area contributed by atoms with E-state index in [0.717, 1.165) is 0 Å². The van der Waals surface area contributed by atoms with Crippen molar-refractivity contribution in [3.8, 4) is 177 Å². The molecule has 0 aromatic heterocycles. The van der Waals surface area contributed by atoms with E-state index >= 15 is 0 Å². The van der Waals surface area contributed by atoms with Crippen LogP contribution in [0.5, 0.6) is 144 Å². The average Bonchev–Trinajstić information content (AvgIpc) is 0.924. The smallest absolute Gasteiger partial charge is 0.344 e. The summed E-state index contributed by atoms with van der Waals surface area (Å²) in [6, 6.07) is 3.16. The molecule has 44 heteroatoms. The minimum atomic E-state index is -2.88. The lowest BCUT2D eigenvalue weighted by atomic mass is 9.91. The number of ether oxygens (including phenoxy) is 11. The molecule has 8 aromatic carbocycles. The second kappa shape index (κ2) is 27.1. The minimum Gasteiger partial charge on any atom is -0.504 e. The van der Waals surface area contributed by atoms with Crippen molar-refractivity contribution in [2.75, 3.05) is 13.2 Å². The third-order valence-corrected chi connectivity index (χ3v) is 17.9. The molecule has 0 spiro atoms. The maximum atomic E-state index is 14.9. The highest BCUT2D eigenvalue weighted by Gasteiger charge is 2.57. The van der Waals surface area contributed by atoms with E-state index in [1.165, 1.54) is 0 Å². The molecule has 584 valence electrons. The summed E-state index contributed by atoms with van der Waals surface area (Å²) in [5, 5.41) is 273. The van der Waals surface area contributed by atoms with Crippen LogP contribution in [0, 0.1) is 0 Å². The van der Waals surface area contributed by atoms with Gasteiger partial charge in [0.1, 0.15) is 48.8 Å². The molecule has 25 N–H and O–H groups in total. The van der Waals surface area contributed by atoms with E-state index < -0.39 is 344 Å². The molecule has 0 radical (unpaired) electrons. The number of aliphatic hydroxyl groups excluding tert-OH is 2. The van der Waals surface area contributed by atoms with Crippen LogP contribution in [-0.4, -0.2) is 250 Å². The predicted octanol–water partition coefficient (Wildman–Crippen LogP) is 1.75. The van der Waals surface area contributed by atoms with Crippen molar-refractivity contribution in [1.82, 2.24) is 0 Å². The number of rotatable bonds is 6. The molecule has 2 fully saturated rings. The molecule has 13 rings (SSSR count). The second-order valence-electron chi connectivity index (χ2n) is 24.6. The standard InChI is InChI=1S/C68H48O44/c69-21-1-12(2-28(38(21)78)104-54-20(9-27(75)44(84)51(54)91)66(101)112-67-53(93)52(92)55-29(105-67)10-103-61(96)19-3-13(36(76)50(90)37(19)77)31-14(62(97)107-55)4-22(70)39(79)45(31)85)59(94)111-68-58-57(109-64(99)17-7-25(73)42(82)48(88)34(17)35-18(65(100)110-58)8-26(74)43(83)49(35)89)56-30(106-68)11-102-60(95)15-5-23(71)40(80)46(86)32(15)33-16(63(98)108-56)6-24(72)41(81)47(33)87/h1-9,29-30,52-53,55-58,67-93H,10-11H2. The highest BCUT2D eigenvalue weighted by atomic mass is 16.8. The number of esters is 8. The summed E-state index contributed by atoms with van der Waals surface area (Å²) in [7, 11) is 0. The van der Waals surface area contributed by atoms with Gasteiger partial charge in [-0.25, -0.2) is 38.4 Å². The molecule has 0 saturated carbocycles. The van der Waals surface area contributed by atoms with E-state index in [-0.39, 0.29) is 6.07 Å². The number of phenols is 23. The zero-order valence-corrected chi connectivity index (χ0v) is 54.8. The summed E-state index contributed by atoms with van der Waals surface area (Å²) < 4.78 is 61.3. The lowest BCUT2D eigenvalue weighted by Crippen LogP contribution is -2.63. The van der Waals surface area contributed by atoms with Gasteiger partial charge in [-0.2, -0.15) is 0 Å². The first-order valence-corrected chi connectivity index (χ1v) is 31.2. The van der Waals surface area contributed by atoms with Crippen LogP contribution < -0.4 is 4.74 Å². The lowest BCUT2D eigenvalue weighted by molar-refractivity contribution is -0.284. The third kappa shape index (κ3) is 12.0. The van der Waals surface area contributed by atoms with E-state index in [1.807, 2.05) is 0 Å². The Morgan fingerprint density at radius 1 is 0.304 bits per heavy atom. The van der Waals surface area contributed by atoms with Gasteiger partial charge in [-0.1, -0.05) is 0 Å². The highest BCUT2D eigenvalue weighted by Crippen LogP contribution is 2.58. The van der Waals surface area contributed by atoms with Gasteiger partial charge in [0.2, 0.25) is 70.4 Å². The van der Waals surface area contributed by atoms with Crippen molar-refractivity contribution in [2.45, 2.75) is 61.4 Å². The third-order valence-electron chi connectivity index (χ3n) is 17.9. The Hall–Kier alpha value is -15.4. The molecule has 44 nitrogen and oxygen atoms in total. The summed E-state index contributed by atoms with van der Waals surface area (Å²) in [5.41, 5.74) is -16.2. The molecule has 5 heterocycles. The number of hydrogen-bond acceptors (Lipinski definition) is 44. The fourth-order valence-electron chi connectivity index (χ4n) is 12.4. The van der Waals surface area contributed by atoms with Gasteiger partial charge in [0.25, 0.3) is 0 Å². The van der Waals surface area contributed by atoms with Crippen molar-refractivity contribution in [2.24, 2.45) is 0 Å². The maximum absolute atomic E-state index is 14.9.